The van der Waals surface area contributed by atoms with Gasteiger partial charge < -0.3 is 19.7 Å². The first-order chi connectivity index (χ1) is 20.5. The van der Waals surface area contributed by atoms with Crippen molar-refractivity contribution in [3.05, 3.63) is 39.1 Å². The lowest BCUT2D eigenvalue weighted by atomic mass is 9.49. The van der Waals surface area contributed by atoms with Crippen molar-refractivity contribution in [2.75, 3.05) is 13.1 Å². The second kappa shape index (κ2) is 9.50. The minimum Gasteiger partial charge on any atom is -0.478 e. The second-order valence-electron chi connectivity index (χ2n) is 12.5. The molecule has 226 valence electrons. The molecule has 8 nitrogen and oxygen atoms in total. The number of thiophene rings is 2. The van der Waals surface area contributed by atoms with Crippen LogP contribution in [0.25, 0.3) is 9.40 Å². The van der Waals surface area contributed by atoms with Gasteiger partial charge in [0.2, 0.25) is 0 Å². The minimum atomic E-state index is -1.24. The maximum Gasteiger partial charge on any atom is 0.325 e. The fraction of sp³-hybridized carbons (Fsp3) is 0.500. The number of carbonyl (C=O) groups is 3. The summed E-state index contributed by atoms with van der Waals surface area (Å²) < 4.78 is 42.2. The predicted molar refractivity (Wildman–Crippen MR) is 158 cm³/mol. The van der Waals surface area contributed by atoms with Gasteiger partial charge >= 0.3 is 11.7 Å². The van der Waals surface area contributed by atoms with Crippen molar-refractivity contribution in [3.8, 4) is 11.5 Å². The number of ether oxygens (including phenoxy) is 2. The molecular formula is C30H28F2NO7PS2. The van der Waals surface area contributed by atoms with E-state index in [4.69, 9.17) is 9.47 Å². The maximum absolute atomic E-state index is 15.2. The summed E-state index contributed by atoms with van der Waals surface area (Å²) in [5, 5.41) is 20.3. The van der Waals surface area contributed by atoms with E-state index in [9.17, 15) is 29.0 Å². The number of hydrogen-bond acceptors (Lipinski definition) is 9. The average molecular weight is 648 g/mol. The van der Waals surface area contributed by atoms with Crippen LogP contribution in [-0.2, 0) is 21.4 Å². The normalized spacial score (nSPS) is 30.1. The second-order valence-corrected chi connectivity index (χ2v) is 15.8. The smallest absolute Gasteiger partial charge is 0.325 e. The molecule has 3 aliphatic carbocycles. The number of likely N-dealkylation sites (tertiary alicyclic amines) is 1. The number of carbonyl (C=O) groups excluding carboxylic acids is 2. The van der Waals surface area contributed by atoms with Gasteiger partial charge in [0, 0.05) is 49.4 Å². The molecule has 2 aliphatic heterocycles. The Bertz CT molecular complexity index is 1750. The Hall–Kier alpha value is -2.50. The monoisotopic (exact) mass is 647 g/mol. The summed E-state index contributed by atoms with van der Waals surface area (Å²) in [6, 6.07) is 3.36. The summed E-state index contributed by atoms with van der Waals surface area (Å²) in [4.78, 5) is 40.7. The lowest BCUT2D eigenvalue weighted by Crippen LogP contribution is -2.76. The van der Waals surface area contributed by atoms with Gasteiger partial charge in [-0.1, -0.05) is 28.7 Å². The number of piperidine rings is 1. The number of rotatable bonds is 7. The molecule has 1 saturated heterocycles. The van der Waals surface area contributed by atoms with Crippen molar-refractivity contribution in [1.29, 1.82) is 0 Å². The van der Waals surface area contributed by atoms with Crippen LogP contribution in [0.5, 0.6) is 11.5 Å². The average Bonchev–Trinajstić information content (AvgIpc) is 3.52. The predicted octanol–water partition coefficient (Wildman–Crippen LogP) is 5.07. The molecule has 2 saturated carbocycles. The van der Waals surface area contributed by atoms with Crippen LogP contribution in [0.3, 0.4) is 0 Å². The van der Waals surface area contributed by atoms with E-state index in [0.717, 1.165) is 24.2 Å². The Kier molecular flexibility index (Phi) is 6.19. The number of hydrogen-bond donors (Lipinski definition) is 2. The van der Waals surface area contributed by atoms with Crippen LogP contribution < -0.4 is 14.8 Å². The van der Waals surface area contributed by atoms with Gasteiger partial charge in [0.1, 0.15) is 0 Å². The van der Waals surface area contributed by atoms with Crippen LogP contribution >= 0.6 is 31.3 Å². The molecule has 8 rings (SSSR count). The molecule has 3 fully saturated rings. The van der Waals surface area contributed by atoms with Crippen LogP contribution in [0.1, 0.15) is 61.6 Å². The van der Waals surface area contributed by atoms with Crippen LogP contribution in [0, 0.1) is 16.2 Å². The van der Waals surface area contributed by atoms with Gasteiger partial charge in [-0.25, -0.2) is 4.79 Å². The van der Waals surface area contributed by atoms with Crippen molar-refractivity contribution in [2.45, 2.75) is 74.5 Å². The van der Waals surface area contributed by atoms with E-state index in [1.54, 1.807) is 6.07 Å². The van der Waals surface area contributed by atoms with Gasteiger partial charge in [-0.2, -0.15) is 8.78 Å². The molecule has 5 aliphatic rings. The van der Waals surface area contributed by atoms with Crippen molar-refractivity contribution in [3.63, 3.8) is 0 Å². The van der Waals surface area contributed by atoms with E-state index in [2.05, 4.69) is 4.90 Å². The van der Waals surface area contributed by atoms with Crippen molar-refractivity contribution in [1.82, 2.24) is 4.90 Å². The first kappa shape index (κ1) is 28.0. The van der Waals surface area contributed by atoms with Crippen LogP contribution in [0.15, 0.2) is 12.1 Å². The standard InChI is InChI=1S/C30H28F2NO7PS2/c1-12(18-19-22(41-28(36)37)25(32)43-27(19)42-24(18)31)26(35)39-16-5-4-14-10-17-30(38)7-6-15(34)23-29(30,20(14)21(16)40-23)8-9-33(17)11-13-2-3-13/h4-5,12-13,17,23,38,41H,2-3,6-11H2,1H3,(H,36,37)/t12?,17-,23+,29+,30-/m1/s1. The van der Waals surface area contributed by atoms with Crippen LogP contribution in [0.4, 0.5) is 13.6 Å². The summed E-state index contributed by atoms with van der Waals surface area (Å²) in [5.41, 5.74) is -1.72. The minimum absolute atomic E-state index is 0.0808. The largest absolute Gasteiger partial charge is 0.478 e. The highest BCUT2D eigenvalue weighted by molar-refractivity contribution is 7.66. The SMILES string of the molecule is CC(C(=O)Oc1ccc2c3c1O[C@H]1C(=O)CC[C@@]4(O)[C@@H](C2)N(CC2CC2)CC[C@]314)c1c(F)sc2sc(F)c(PC(=O)O)c12. The third-order valence-electron chi connectivity index (χ3n) is 10.3. The summed E-state index contributed by atoms with van der Waals surface area (Å²) in [5.74, 6) is -1.07. The van der Waals surface area contributed by atoms with E-state index < -0.39 is 53.6 Å². The number of esters is 1. The Morgan fingerprint density at radius 2 is 2.00 bits per heavy atom. The van der Waals surface area contributed by atoms with E-state index in [1.165, 1.54) is 19.8 Å². The molecule has 3 aromatic rings. The molecular weight excluding hydrogens is 619 g/mol. The third-order valence-corrected chi connectivity index (χ3v) is 13.4. The Labute approximate surface area is 254 Å². The zero-order valence-electron chi connectivity index (χ0n) is 23.1. The third kappa shape index (κ3) is 3.83. The fourth-order valence-corrected chi connectivity index (χ4v) is 11.5. The van der Waals surface area contributed by atoms with E-state index >= 15 is 4.39 Å². The van der Waals surface area contributed by atoms with Crippen molar-refractivity contribution < 1.29 is 42.9 Å². The molecule has 2 N–H and O–H groups in total. The lowest BCUT2D eigenvalue weighted by Gasteiger charge is -2.62. The molecule has 2 aromatic heterocycles. The number of ketones is 1. The van der Waals surface area contributed by atoms with Gasteiger partial charge in [0.15, 0.2) is 33.6 Å². The van der Waals surface area contributed by atoms with E-state index in [-0.39, 0.29) is 50.0 Å². The number of nitrogens with zero attached hydrogens (tertiary/aromatic N) is 1. The zero-order chi connectivity index (χ0) is 30.0. The first-order valence-corrected chi connectivity index (χ1v) is 17.1. The van der Waals surface area contributed by atoms with Gasteiger partial charge in [-0.05, 0) is 63.1 Å². The van der Waals surface area contributed by atoms with Crippen molar-refractivity contribution in [2.24, 2.45) is 5.92 Å². The molecule has 6 atom stereocenters. The molecule has 2 unspecified atom stereocenters. The van der Waals surface area contributed by atoms with Gasteiger partial charge in [-0.3, -0.25) is 14.5 Å². The Morgan fingerprint density at radius 3 is 2.74 bits per heavy atom. The molecule has 2 bridgehead atoms. The van der Waals surface area contributed by atoms with Gasteiger partial charge in [0.05, 0.1) is 20.9 Å². The summed E-state index contributed by atoms with van der Waals surface area (Å²) in [7, 11) is -0.931. The number of halogens is 2. The number of fused-ring (bicyclic) bond motifs is 1. The zero-order valence-corrected chi connectivity index (χ0v) is 25.7. The Morgan fingerprint density at radius 1 is 1.23 bits per heavy atom. The maximum atomic E-state index is 15.2. The molecule has 1 aromatic carbocycles. The Balaban J connectivity index is 1.17. The summed E-state index contributed by atoms with van der Waals surface area (Å²) in [6.45, 7) is 3.11. The molecule has 1 spiro atoms. The number of Topliss-reactive ketones (excluding diaryl/α,β-unsaturated/α-hetero) is 1. The number of benzene rings is 1. The molecule has 13 heteroatoms. The van der Waals surface area contributed by atoms with Crippen molar-refractivity contribution >= 4 is 63.4 Å². The topological polar surface area (TPSA) is 113 Å². The van der Waals surface area contributed by atoms with Gasteiger partial charge in [0.25, 0.3) is 0 Å². The molecule has 0 radical (unpaired) electrons. The summed E-state index contributed by atoms with van der Waals surface area (Å²) >= 11 is 1.34. The fourth-order valence-electron chi connectivity index (χ4n) is 8.19. The van der Waals surface area contributed by atoms with Crippen LogP contribution in [-0.4, -0.2) is 63.4 Å². The van der Waals surface area contributed by atoms with Crippen LogP contribution in [0.2, 0.25) is 0 Å². The molecule has 4 heterocycles. The summed E-state index contributed by atoms with van der Waals surface area (Å²) in [6.07, 6.45) is 3.22. The highest BCUT2D eigenvalue weighted by Crippen LogP contribution is 2.65. The number of carboxylic acid groups (broad SMARTS) is 1. The van der Waals surface area contributed by atoms with Gasteiger partial charge in [-0.15, -0.1) is 0 Å². The molecule has 0 amide bonds. The highest BCUT2D eigenvalue weighted by Gasteiger charge is 2.73. The lowest BCUT2D eigenvalue weighted by molar-refractivity contribution is -0.188. The first-order valence-electron chi connectivity index (χ1n) is 14.5. The number of aliphatic hydroxyl groups is 1. The van der Waals surface area contributed by atoms with E-state index in [1.807, 2.05) is 6.07 Å². The quantitative estimate of drug-likeness (QED) is 0.208. The van der Waals surface area contributed by atoms with E-state index in [0.29, 0.717) is 47.9 Å². The highest BCUT2D eigenvalue weighted by atomic mass is 32.2. The molecule has 43 heavy (non-hydrogen) atoms.